The van der Waals surface area contributed by atoms with Crippen molar-refractivity contribution in [1.29, 1.82) is 0 Å². The van der Waals surface area contributed by atoms with Gasteiger partial charge in [-0.3, -0.25) is 9.89 Å². The van der Waals surface area contributed by atoms with E-state index < -0.39 is 5.95 Å². The van der Waals surface area contributed by atoms with Crippen molar-refractivity contribution in [3.63, 3.8) is 0 Å². The third-order valence-corrected chi connectivity index (χ3v) is 2.99. The molecule has 3 rings (SSSR count). The number of benzene rings is 1. The zero-order valence-electron chi connectivity index (χ0n) is 11.6. The van der Waals surface area contributed by atoms with Gasteiger partial charge in [-0.25, -0.2) is 4.98 Å². The van der Waals surface area contributed by atoms with Gasteiger partial charge in [0.05, 0.1) is 0 Å². The lowest BCUT2D eigenvalue weighted by atomic mass is 10.1. The van der Waals surface area contributed by atoms with Gasteiger partial charge in [-0.1, -0.05) is 22.4 Å². The van der Waals surface area contributed by atoms with Gasteiger partial charge in [-0.05, 0) is 29.8 Å². The van der Waals surface area contributed by atoms with Gasteiger partial charge in [0.2, 0.25) is 5.95 Å². The van der Waals surface area contributed by atoms with E-state index in [-0.39, 0.29) is 17.4 Å². The number of ether oxygens (including phenoxy) is 1. The Kier molecular flexibility index (Phi) is 3.61. The predicted molar refractivity (Wildman–Crippen MR) is 76.1 cm³/mol. The van der Waals surface area contributed by atoms with Crippen molar-refractivity contribution in [2.45, 2.75) is 6.92 Å². The molecule has 0 aliphatic carbocycles. The Hall–Kier alpha value is -3.09. The molecule has 110 valence electrons. The number of ketones is 1. The van der Waals surface area contributed by atoms with Crippen molar-refractivity contribution in [3.8, 4) is 22.8 Å². The third-order valence-electron chi connectivity index (χ3n) is 2.99. The third kappa shape index (κ3) is 2.69. The van der Waals surface area contributed by atoms with E-state index in [2.05, 4.69) is 20.4 Å². The van der Waals surface area contributed by atoms with Crippen LogP contribution < -0.4 is 4.74 Å². The fourth-order valence-corrected chi connectivity index (χ4v) is 1.96. The van der Waals surface area contributed by atoms with Crippen molar-refractivity contribution in [2.75, 3.05) is 0 Å². The van der Waals surface area contributed by atoms with E-state index in [9.17, 15) is 9.18 Å². The summed E-state index contributed by atoms with van der Waals surface area (Å²) in [6.45, 7) is 1.38. The number of hydrogen-bond donors (Lipinski definition) is 1. The topological polar surface area (TPSA) is 80.8 Å². The Morgan fingerprint density at radius 2 is 2.14 bits per heavy atom. The molecule has 1 aromatic carbocycles. The molecule has 2 aromatic heterocycles. The van der Waals surface area contributed by atoms with Gasteiger partial charge >= 0.3 is 0 Å². The number of Topliss-reactive ketones (excluding diaryl/α,β-unsaturated/α-hetero) is 1. The number of rotatable bonds is 4. The summed E-state index contributed by atoms with van der Waals surface area (Å²) in [4.78, 5) is 15.0. The van der Waals surface area contributed by atoms with Crippen molar-refractivity contribution < 1.29 is 13.9 Å². The summed E-state index contributed by atoms with van der Waals surface area (Å²) in [6, 6.07) is 10.0. The summed E-state index contributed by atoms with van der Waals surface area (Å²) in [5.74, 6) is -0.312. The van der Waals surface area contributed by atoms with Gasteiger partial charge in [0.25, 0.3) is 5.88 Å². The molecule has 0 radical (unpaired) electrons. The van der Waals surface area contributed by atoms with E-state index in [4.69, 9.17) is 4.74 Å². The average Bonchev–Trinajstić information content (AvgIpc) is 2.96. The molecule has 7 heteroatoms. The standard InChI is InChI=1S/C15H11FN4O2/c1-9(21)13-15(19-20-18-13)22-11-5-2-4-10(8-11)12-6-3-7-17-14(12)16/h2-8H,1H3,(H,18,19,20). The van der Waals surface area contributed by atoms with E-state index in [1.54, 1.807) is 36.4 Å². The molecule has 0 saturated heterocycles. The highest BCUT2D eigenvalue weighted by molar-refractivity contribution is 5.94. The highest BCUT2D eigenvalue weighted by atomic mass is 19.1. The number of pyridine rings is 1. The number of nitrogens with zero attached hydrogens (tertiary/aromatic N) is 3. The van der Waals surface area contributed by atoms with Gasteiger partial charge in [0, 0.05) is 18.7 Å². The van der Waals surface area contributed by atoms with Gasteiger partial charge in [-0.2, -0.15) is 4.39 Å². The minimum atomic E-state index is -0.564. The van der Waals surface area contributed by atoms with Crippen LogP contribution in [-0.4, -0.2) is 26.2 Å². The molecule has 0 unspecified atom stereocenters. The number of H-pyrrole nitrogens is 1. The second-order valence-electron chi connectivity index (χ2n) is 4.52. The number of nitrogens with one attached hydrogen (secondary N) is 1. The molecule has 6 nitrogen and oxygen atoms in total. The molecule has 3 aromatic rings. The quantitative estimate of drug-likeness (QED) is 0.591. The molecule has 0 amide bonds. The first-order valence-corrected chi connectivity index (χ1v) is 6.46. The second kappa shape index (κ2) is 5.72. The number of aromatic amines is 1. The van der Waals surface area contributed by atoms with E-state index >= 15 is 0 Å². The fraction of sp³-hybridized carbons (Fsp3) is 0.0667. The predicted octanol–water partition coefficient (Wildman–Crippen LogP) is 3.00. The highest BCUT2D eigenvalue weighted by Crippen LogP contribution is 2.28. The minimum absolute atomic E-state index is 0.0799. The van der Waals surface area contributed by atoms with Crippen LogP contribution in [0.25, 0.3) is 11.1 Å². The lowest BCUT2D eigenvalue weighted by molar-refractivity contribution is 0.101. The van der Waals surface area contributed by atoms with Crippen LogP contribution in [0.15, 0.2) is 42.6 Å². The molecule has 0 saturated carbocycles. The summed E-state index contributed by atoms with van der Waals surface area (Å²) >= 11 is 0. The van der Waals surface area contributed by atoms with Gasteiger partial charge in [0.15, 0.2) is 11.5 Å². The molecule has 1 N–H and O–H groups in total. The van der Waals surface area contributed by atoms with Crippen LogP contribution >= 0.6 is 0 Å². The minimum Gasteiger partial charge on any atom is -0.436 e. The lowest BCUT2D eigenvalue weighted by Crippen LogP contribution is -1.96. The Balaban J connectivity index is 1.94. The molecule has 0 spiro atoms. The van der Waals surface area contributed by atoms with Crippen LogP contribution in [0, 0.1) is 5.95 Å². The fourth-order valence-electron chi connectivity index (χ4n) is 1.96. The van der Waals surface area contributed by atoms with E-state index in [0.717, 1.165) is 0 Å². The van der Waals surface area contributed by atoms with Crippen LogP contribution in [-0.2, 0) is 0 Å². The number of carbonyl (C=O) groups is 1. The maximum atomic E-state index is 13.7. The summed E-state index contributed by atoms with van der Waals surface area (Å²) in [5.41, 5.74) is 1.15. The molecule has 0 atom stereocenters. The molecule has 2 heterocycles. The molecule has 0 bridgehead atoms. The van der Waals surface area contributed by atoms with Gasteiger partial charge in [0.1, 0.15) is 5.75 Å². The molecule has 0 aliphatic heterocycles. The van der Waals surface area contributed by atoms with Crippen LogP contribution in [0.2, 0.25) is 0 Å². The summed E-state index contributed by atoms with van der Waals surface area (Å²) < 4.78 is 19.3. The van der Waals surface area contributed by atoms with E-state index in [0.29, 0.717) is 16.9 Å². The first-order chi connectivity index (χ1) is 10.6. The smallest absolute Gasteiger partial charge is 0.269 e. The molecular formula is C15H11FN4O2. The first-order valence-electron chi connectivity index (χ1n) is 6.46. The SMILES string of the molecule is CC(=O)c1[nH]nnc1Oc1cccc(-c2cccnc2F)c1. The largest absolute Gasteiger partial charge is 0.436 e. The van der Waals surface area contributed by atoms with Gasteiger partial charge < -0.3 is 4.74 Å². The Morgan fingerprint density at radius 3 is 2.91 bits per heavy atom. The Bertz CT molecular complexity index is 832. The maximum Gasteiger partial charge on any atom is 0.269 e. The molecule has 0 fully saturated rings. The zero-order valence-corrected chi connectivity index (χ0v) is 11.6. The number of carbonyl (C=O) groups excluding carboxylic acids is 1. The second-order valence-corrected chi connectivity index (χ2v) is 4.52. The van der Waals surface area contributed by atoms with E-state index in [1.807, 2.05) is 0 Å². The van der Waals surface area contributed by atoms with Crippen LogP contribution in [0.3, 0.4) is 0 Å². The van der Waals surface area contributed by atoms with Crippen LogP contribution in [0.4, 0.5) is 4.39 Å². The Morgan fingerprint density at radius 1 is 1.27 bits per heavy atom. The number of aromatic nitrogens is 4. The molecule has 0 aliphatic rings. The average molecular weight is 298 g/mol. The summed E-state index contributed by atoms with van der Waals surface area (Å²) in [7, 11) is 0. The highest BCUT2D eigenvalue weighted by Gasteiger charge is 2.14. The Labute approximate surface area is 125 Å². The number of hydrogen-bond acceptors (Lipinski definition) is 5. The number of halogens is 1. The normalized spacial score (nSPS) is 10.5. The monoisotopic (exact) mass is 298 g/mol. The van der Waals surface area contributed by atoms with Crippen LogP contribution in [0.5, 0.6) is 11.6 Å². The molecular weight excluding hydrogens is 287 g/mol. The lowest BCUT2D eigenvalue weighted by Gasteiger charge is -2.06. The van der Waals surface area contributed by atoms with Crippen molar-refractivity contribution in [2.24, 2.45) is 0 Å². The summed E-state index contributed by atoms with van der Waals surface area (Å²) in [6.07, 6.45) is 1.38. The van der Waals surface area contributed by atoms with E-state index in [1.165, 1.54) is 13.1 Å². The van der Waals surface area contributed by atoms with Crippen molar-refractivity contribution in [1.82, 2.24) is 20.4 Å². The summed E-state index contributed by atoms with van der Waals surface area (Å²) in [5, 5.41) is 9.74. The van der Waals surface area contributed by atoms with Gasteiger partial charge in [-0.15, -0.1) is 0 Å². The van der Waals surface area contributed by atoms with Crippen LogP contribution in [0.1, 0.15) is 17.4 Å². The zero-order chi connectivity index (χ0) is 15.5. The van der Waals surface area contributed by atoms with Crippen molar-refractivity contribution >= 4 is 5.78 Å². The maximum absolute atomic E-state index is 13.7. The molecule has 22 heavy (non-hydrogen) atoms. The first kappa shape index (κ1) is 13.9. The van der Waals surface area contributed by atoms with Crippen molar-refractivity contribution in [3.05, 3.63) is 54.2 Å².